The fourth-order valence-corrected chi connectivity index (χ4v) is 5.63. The molecule has 3 heterocycles. The number of nitrogens with zero attached hydrogens (tertiary/aromatic N) is 4. The number of carbonyl (C=O) groups is 1. The Kier molecular flexibility index (Phi) is 7.77. The monoisotopic (exact) mass is 564 g/mol. The van der Waals surface area contributed by atoms with Crippen molar-refractivity contribution in [3.05, 3.63) is 113 Å². The average molecular weight is 565 g/mol. The number of imidazole rings is 1. The van der Waals surface area contributed by atoms with Crippen LogP contribution < -0.4 is 4.74 Å². The minimum atomic E-state index is -0.00989. The molecule has 5 aromatic rings. The zero-order valence-corrected chi connectivity index (χ0v) is 24.1. The number of aromatic nitrogens is 2. The third-order valence-electron chi connectivity index (χ3n) is 7.66. The molecule has 6 nitrogen and oxygen atoms in total. The summed E-state index contributed by atoms with van der Waals surface area (Å²) in [5.74, 6) is 0.852. The number of pyridine rings is 1. The SMILES string of the molecule is CCOc1cccc(-c2ccc3nc(-c4ccc(C)cc4)c(CN4CCN(C(=O)c5ccccc5Cl)CC4)n3c2)c1. The minimum Gasteiger partial charge on any atom is -0.494 e. The van der Waals surface area contributed by atoms with Gasteiger partial charge in [-0.2, -0.15) is 0 Å². The van der Waals surface area contributed by atoms with Gasteiger partial charge in [0.2, 0.25) is 0 Å². The molecule has 0 bridgehead atoms. The quantitative estimate of drug-likeness (QED) is 0.214. The second kappa shape index (κ2) is 11.8. The maximum atomic E-state index is 13.1. The van der Waals surface area contributed by atoms with Crippen LogP contribution in [0, 0.1) is 6.92 Å². The van der Waals surface area contributed by atoms with Crippen LogP contribution in [0.25, 0.3) is 28.0 Å². The van der Waals surface area contributed by atoms with Crippen LogP contribution in [0.3, 0.4) is 0 Å². The summed E-state index contributed by atoms with van der Waals surface area (Å²) in [6.07, 6.45) is 2.18. The largest absolute Gasteiger partial charge is 0.494 e. The van der Waals surface area contributed by atoms with Crippen molar-refractivity contribution < 1.29 is 9.53 Å². The van der Waals surface area contributed by atoms with Gasteiger partial charge in [0.15, 0.2) is 0 Å². The highest BCUT2D eigenvalue weighted by Gasteiger charge is 2.25. The van der Waals surface area contributed by atoms with E-state index in [1.54, 1.807) is 12.1 Å². The van der Waals surface area contributed by atoms with Crippen LogP contribution in [0.1, 0.15) is 28.5 Å². The summed E-state index contributed by atoms with van der Waals surface area (Å²) in [6.45, 7) is 8.29. The fraction of sp³-hybridized carbons (Fsp3) is 0.235. The molecule has 1 amide bonds. The summed E-state index contributed by atoms with van der Waals surface area (Å²) in [7, 11) is 0. The number of benzene rings is 3. The first-order chi connectivity index (χ1) is 20.0. The molecular formula is C34H33ClN4O2. The van der Waals surface area contributed by atoms with Crippen LogP contribution in [0.4, 0.5) is 0 Å². The Bertz CT molecular complexity index is 1690. The van der Waals surface area contributed by atoms with Gasteiger partial charge >= 0.3 is 0 Å². The van der Waals surface area contributed by atoms with Gasteiger partial charge in [0.1, 0.15) is 11.4 Å². The predicted octanol–water partition coefficient (Wildman–Crippen LogP) is 6.99. The van der Waals surface area contributed by atoms with E-state index in [4.69, 9.17) is 21.3 Å². The van der Waals surface area contributed by atoms with Gasteiger partial charge in [0.25, 0.3) is 5.91 Å². The van der Waals surface area contributed by atoms with Crippen LogP contribution >= 0.6 is 11.6 Å². The molecule has 1 aliphatic heterocycles. The Labute approximate surface area is 245 Å². The van der Waals surface area contributed by atoms with Crippen molar-refractivity contribution in [2.24, 2.45) is 0 Å². The molecule has 0 atom stereocenters. The van der Waals surface area contributed by atoms with E-state index in [1.165, 1.54) is 5.56 Å². The minimum absolute atomic E-state index is 0.00989. The standard InChI is InChI=1S/C34H33ClN4O2/c1-3-41-28-8-6-7-26(21-28)27-15-16-32-36-33(25-13-11-24(2)12-14-25)31(39(32)22-27)23-37-17-19-38(20-18-37)34(40)29-9-4-5-10-30(29)35/h4-16,21-22H,3,17-20,23H2,1-2H3. The van der Waals surface area contributed by atoms with Crippen molar-refractivity contribution in [2.75, 3.05) is 32.8 Å². The van der Waals surface area contributed by atoms with Crippen LogP contribution in [-0.2, 0) is 6.54 Å². The van der Waals surface area contributed by atoms with Crippen LogP contribution in [0.5, 0.6) is 5.75 Å². The molecular weight excluding hydrogens is 532 g/mol. The number of hydrogen-bond donors (Lipinski definition) is 0. The Hall–Kier alpha value is -4.13. The molecule has 0 N–H and O–H groups in total. The van der Waals surface area contributed by atoms with Gasteiger partial charge in [-0.3, -0.25) is 9.69 Å². The topological polar surface area (TPSA) is 50.1 Å². The molecule has 0 unspecified atom stereocenters. The number of piperazine rings is 1. The number of carbonyl (C=O) groups excluding carboxylic acids is 1. The van der Waals surface area contributed by atoms with Crippen LogP contribution in [0.2, 0.25) is 5.02 Å². The number of fused-ring (bicyclic) bond motifs is 1. The van der Waals surface area contributed by atoms with Crippen molar-refractivity contribution in [3.8, 4) is 28.1 Å². The summed E-state index contributed by atoms with van der Waals surface area (Å²) in [4.78, 5) is 22.5. The molecule has 208 valence electrons. The van der Waals surface area contributed by atoms with E-state index in [-0.39, 0.29) is 5.91 Å². The van der Waals surface area contributed by atoms with Gasteiger partial charge < -0.3 is 14.0 Å². The normalized spacial score (nSPS) is 14.0. The van der Waals surface area contributed by atoms with E-state index < -0.39 is 0 Å². The molecule has 6 rings (SSSR count). The number of aryl methyl sites for hydroxylation is 1. The Morgan fingerprint density at radius 3 is 2.39 bits per heavy atom. The second-order valence-electron chi connectivity index (χ2n) is 10.4. The Morgan fingerprint density at radius 2 is 1.63 bits per heavy atom. The van der Waals surface area contributed by atoms with Gasteiger partial charge in [-0.25, -0.2) is 4.98 Å². The summed E-state index contributed by atoms with van der Waals surface area (Å²) < 4.78 is 7.97. The highest BCUT2D eigenvalue weighted by atomic mass is 35.5. The molecule has 1 saturated heterocycles. The van der Waals surface area contributed by atoms with Gasteiger partial charge in [0, 0.05) is 44.5 Å². The smallest absolute Gasteiger partial charge is 0.255 e. The lowest BCUT2D eigenvalue weighted by Crippen LogP contribution is -2.48. The van der Waals surface area contributed by atoms with Crippen molar-refractivity contribution in [3.63, 3.8) is 0 Å². The highest BCUT2D eigenvalue weighted by Crippen LogP contribution is 2.30. The number of ether oxygens (including phenoxy) is 1. The van der Waals surface area contributed by atoms with E-state index >= 15 is 0 Å². The molecule has 7 heteroatoms. The summed E-state index contributed by atoms with van der Waals surface area (Å²) in [6, 6.07) is 28.2. The predicted molar refractivity (Wildman–Crippen MR) is 165 cm³/mol. The summed E-state index contributed by atoms with van der Waals surface area (Å²) in [5.41, 5.74) is 8.11. The lowest BCUT2D eigenvalue weighted by Gasteiger charge is -2.35. The molecule has 0 radical (unpaired) electrons. The molecule has 0 saturated carbocycles. The van der Waals surface area contributed by atoms with Gasteiger partial charge in [-0.1, -0.05) is 65.7 Å². The highest BCUT2D eigenvalue weighted by molar-refractivity contribution is 6.33. The van der Waals surface area contributed by atoms with Gasteiger partial charge in [-0.15, -0.1) is 0 Å². The van der Waals surface area contributed by atoms with Crippen molar-refractivity contribution in [1.29, 1.82) is 0 Å². The lowest BCUT2D eigenvalue weighted by molar-refractivity contribution is 0.0627. The number of rotatable bonds is 7. The zero-order chi connectivity index (χ0) is 28.3. The molecule has 1 fully saturated rings. The van der Waals surface area contributed by atoms with E-state index in [2.05, 4.69) is 71.0 Å². The van der Waals surface area contributed by atoms with E-state index in [9.17, 15) is 4.79 Å². The van der Waals surface area contributed by atoms with Gasteiger partial charge in [0.05, 0.1) is 28.6 Å². The lowest BCUT2D eigenvalue weighted by atomic mass is 10.1. The Morgan fingerprint density at radius 1 is 0.878 bits per heavy atom. The van der Waals surface area contributed by atoms with Crippen molar-refractivity contribution >= 4 is 23.2 Å². The van der Waals surface area contributed by atoms with Crippen LogP contribution in [0.15, 0.2) is 91.1 Å². The van der Waals surface area contributed by atoms with Gasteiger partial charge in [-0.05, 0) is 61.4 Å². The third-order valence-corrected chi connectivity index (χ3v) is 7.99. The first-order valence-corrected chi connectivity index (χ1v) is 14.5. The average Bonchev–Trinajstić information content (AvgIpc) is 3.35. The first-order valence-electron chi connectivity index (χ1n) is 14.1. The molecule has 3 aromatic carbocycles. The van der Waals surface area contributed by atoms with Crippen molar-refractivity contribution in [1.82, 2.24) is 19.2 Å². The molecule has 0 spiro atoms. The first kappa shape index (κ1) is 27.1. The number of amides is 1. The second-order valence-corrected chi connectivity index (χ2v) is 10.8. The maximum absolute atomic E-state index is 13.1. The zero-order valence-electron chi connectivity index (χ0n) is 23.4. The molecule has 0 aliphatic carbocycles. The molecule has 1 aliphatic rings. The molecule has 2 aromatic heterocycles. The number of hydrogen-bond acceptors (Lipinski definition) is 4. The maximum Gasteiger partial charge on any atom is 0.255 e. The third kappa shape index (κ3) is 5.71. The fourth-order valence-electron chi connectivity index (χ4n) is 5.42. The molecule has 41 heavy (non-hydrogen) atoms. The van der Waals surface area contributed by atoms with Crippen molar-refractivity contribution in [2.45, 2.75) is 20.4 Å². The van der Waals surface area contributed by atoms with E-state index in [0.717, 1.165) is 59.1 Å². The van der Waals surface area contributed by atoms with Crippen LogP contribution in [-0.4, -0.2) is 57.9 Å². The Balaban J connectivity index is 1.31. The van der Waals surface area contributed by atoms with E-state index in [0.29, 0.717) is 30.3 Å². The summed E-state index contributed by atoms with van der Waals surface area (Å²) in [5, 5.41) is 0.496. The summed E-state index contributed by atoms with van der Waals surface area (Å²) >= 11 is 6.31. The number of halogens is 1. The van der Waals surface area contributed by atoms with E-state index in [1.807, 2.05) is 36.1 Å².